The van der Waals surface area contributed by atoms with Crippen molar-refractivity contribution >= 4 is 0 Å². The molecule has 1 nitrogen and oxygen atoms in total. The quantitative estimate of drug-likeness (QED) is 0.0642. The van der Waals surface area contributed by atoms with E-state index in [0.717, 1.165) is 18.1 Å². The largest absolute Gasteiger partial charge is 0.294 e. The predicted octanol–water partition coefficient (Wildman–Crippen LogP) is 15.4. The van der Waals surface area contributed by atoms with Crippen molar-refractivity contribution in [3.05, 3.63) is 0 Å². The van der Waals surface area contributed by atoms with Crippen molar-refractivity contribution in [2.45, 2.75) is 272 Å². The summed E-state index contributed by atoms with van der Waals surface area (Å²) < 4.78 is 0. The fourth-order valence-corrected chi connectivity index (χ4v) is 7.58. The first-order chi connectivity index (χ1) is 21.2. The molecule has 0 aromatic rings. The van der Waals surface area contributed by atoms with Gasteiger partial charge in [-0.05, 0) is 38.5 Å². The van der Waals surface area contributed by atoms with Gasteiger partial charge in [-0.1, -0.05) is 215 Å². The lowest BCUT2D eigenvalue weighted by Crippen LogP contribution is -2.50. The van der Waals surface area contributed by atoms with E-state index in [9.17, 15) is 0 Å². The lowest BCUT2D eigenvalue weighted by molar-refractivity contribution is 0.0409. The molecular weight excluding hydrogens is 518 g/mol. The summed E-state index contributed by atoms with van der Waals surface area (Å²) in [6.45, 7) is 14.3. The summed E-state index contributed by atoms with van der Waals surface area (Å²) >= 11 is 0. The van der Waals surface area contributed by atoms with Gasteiger partial charge in [0.15, 0.2) is 0 Å². The molecule has 0 saturated carbocycles. The molecule has 0 aliphatic rings. The highest BCUT2D eigenvalue weighted by atomic mass is 15.2. The Morgan fingerprint density at radius 2 is 0.419 bits per heavy atom. The van der Waals surface area contributed by atoms with Gasteiger partial charge in [-0.15, -0.1) is 0 Å². The van der Waals surface area contributed by atoms with Gasteiger partial charge in [-0.2, -0.15) is 0 Å². The molecule has 0 aromatic carbocycles. The summed E-state index contributed by atoms with van der Waals surface area (Å²) in [4.78, 5) is 3.29. The van der Waals surface area contributed by atoms with E-state index in [1.165, 1.54) is 212 Å². The van der Waals surface area contributed by atoms with Gasteiger partial charge in [0, 0.05) is 18.1 Å². The fraction of sp³-hybridized carbons (Fsp3) is 1.00. The molecule has 0 aliphatic carbocycles. The predicted molar refractivity (Wildman–Crippen MR) is 200 cm³/mol. The number of hydrogen-bond acceptors (Lipinski definition) is 1. The molecule has 0 aromatic heterocycles. The standard InChI is InChI=1S/C42H87N/c1-7-13-19-23-25-28-33-37-40(34-18-12-6)43(41(35-29-17-11-5)39-32-27-24-20-14-8-2)42(36-30-22-16-10-4)38-31-26-21-15-9-3/h40-42H,7-39H2,1-6H3. The Labute approximate surface area is 275 Å². The minimum atomic E-state index is 0.828. The molecule has 0 saturated heterocycles. The molecule has 3 atom stereocenters. The fourth-order valence-electron chi connectivity index (χ4n) is 7.58. The average Bonchev–Trinajstić information content (AvgIpc) is 3.02. The molecule has 0 bridgehead atoms. The van der Waals surface area contributed by atoms with Crippen LogP contribution in [-0.4, -0.2) is 23.0 Å². The van der Waals surface area contributed by atoms with Gasteiger partial charge in [0.25, 0.3) is 0 Å². The molecule has 0 aliphatic heterocycles. The molecule has 43 heavy (non-hydrogen) atoms. The van der Waals surface area contributed by atoms with Gasteiger partial charge in [0.1, 0.15) is 0 Å². The molecule has 3 unspecified atom stereocenters. The number of rotatable bonds is 36. The second kappa shape index (κ2) is 34.8. The first-order valence-electron chi connectivity index (χ1n) is 21.0. The molecule has 0 fully saturated rings. The Kier molecular flexibility index (Phi) is 34.8. The number of nitrogens with zero attached hydrogens (tertiary/aromatic N) is 1. The van der Waals surface area contributed by atoms with E-state index in [-0.39, 0.29) is 0 Å². The van der Waals surface area contributed by atoms with Crippen LogP contribution < -0.4 is 0 Å². The Hall–Kier alpha value is -0.0400. The van der Waals surface area contributed by atoms with E-state index in [2.05, 4.69) is 46.4 Å². The van der Waals surface area contributed by atoms with Crippen LogP contribution in [0.15, 0.2) is 0 Å². The second-order valence-corrected chi connectivity index (χ2v) is 14.6. The van der Waals surface area contributed by atoms with Crippen LogP contribution in [0.4, 0.5) is 0 Å². The van der Waals surface area contributed by atoms with Gasteiger partial charge in [-0.25, -0.2) is 0 Å². The van der Waals surface area contributed by atoms with Crippen LogP contribution in [0.1, 0.15) is 253 Å². The van der Waals surface area contributed by atoms with Crippen LogP contribution in [0.2, 0.25) is 0 Å². The van der Waals surface area contributed by atoms with Crippen molar-refractivity contribution in [1.82, 2.24) is 4.90 Å². The molecule has 0 spiro atoms. The highest BCUT2D eigenvalue weighted by molar-refractivity contribution is 4.86. The Balaban J connectivity index is 5.94. The van der Waals surface area contributed by atoms with Gasteiger partial charge in [0.2, 0.25) is 0 Å². The maximum absolute atomic E-state index is 3.29. The van der Waals surface area contributed by atoms with Crippen molar-refractivity contribution < 1.29 is 0 Å². The average molecular weight is 606 g/mol. The monoisotopic (exact) mass is 606 g/mol. The second-order valence-electron chi connectivity index (χ2n) is 14.6. The smallest absolute Gasteiger partial charge is 0.0101 e. The zero-order chi connectivity index (χ0) is 31.6. The van der Waals surface area contributed by atoms with Crippen LogP contribution in [-0.2, 0) is 0 Å². The van der Waals surface area contributed by atoms with E-state index < -0.39 is 0 Å². The Bertz CT molecular complexity index is 501. The maximum Gasteiger partial charge on any atom is 0.0101 e. The third-order valence-electron chi connectivity index (χ3n) is 10.4. The topological polar surface area (TPSA) is 3.24 Å². The van der Waals surface area contributed by atoms with Crippen molar-refractivity contribution in [2.75, 3.05) is 0 Å². The van der Waals surface area contributed by atoms with E-state index in [1.54, 1.807) is 0 Å². The Morgan fingerprint density at radius 1 is 0.233 bits per heavy atom. The number of unbranched alkanes of at least 4 members (excludes halogenated alkanes) is 21. The summed E-state index contributed by atoms with van der Waals surface area (Å²) in [7, 11) is 0. The van der Waals surface area contributed by atoms with Crippen LogP contribution in [0.5, 0.6) is 0 Å². The summed E-state index contributed by atoms with van der Waals surface area (Å²) in [5.41, 5.74) is 0. The lowest BCUT2D eigenvalue weighted by Gasteiger charge is -2.45. The molecule has 0 rings (SSSR count). The van der Waals surface area contributed by atoms with Crippen LogP contribution in [0.3, 0.4) is 0 Å². The van der Waals surface area contributed by atoms with Crippen LogP contribution in [0, 0.1) is 0 Å². The van der Waals surface area contributed by atoms with Gasteiger partial charge >= 0.3 is 0 Å². The lowest BCUT2D eigenvalue weighted by atomic mass is 9.89. The minimum Gasteiger partial charge on any atom is -0.294 e. The number of hydrogen-bond donors (Lipinski definition) is 0. The van der Waals surface area contributed by atoms with Gasteiger partial charge in [-0.3, -0.25) is 4.90 Å². The van der Waals surface area contributed by atoms with E-state index in [4.69, 9.17) is 0 Å². The minimum absolute atomic E-state index is 0.828. The first kappa shape index (κ1) is 43.0. The normalized spacial score (nSPS) is 14.0. The Morgan fingerprint density at radius 3 is 0.721 bits per heavy atom. The van der Waals surface area contributed by atoms with E-state index in [1.807, 2.05) is 0 Å². The van der Waals surface area contributed by atoms with Crippen molar-refractivity contribution in [1.29, 1.82) is 0 Å². The van der Waals surface area contributed by atoms with Gasteiger partial charge < -0.3 is 0 Å². The molecule has 1 heteroatoms. The van der Waals surface area contributed by atoms with E-state index in [0.29, 0.717) is 0 Å². The molecular formula is C42H87N. The zero-order valence-electron chi connectivity index (χ0n) is 31.5. The van der Waals surface area contributed by atoms with E-state index >= 15 is 0 Å². The van der Waals surface area contributed by atoms with Crippen molar-refractivity contribution in [3.63, 3.8) is 0 Å². The van der Waals surface area contributed by atoms with Crippen molar-refractivity contribution in [2.24, 2.45) is 0 Å². The molecule has 0 N–H and O–H groups in total. The first-order valence-corrected chi connectivity index (χ1v) is 21.0. The van der Waals surface area contributed by atoms with Gasteiger partial charge in [0.05, 0.1) is 0 Å². The molecule has 0 radical (unpaired) electrons. The summed E-state index contributed by atoms with van der Waals surface area (Å²) in [6.07, 6.45) is 47.4. The van der Waals surface area contributed by atoms with Crippen LogP contribution >= 0.6 is 0 Å². The summed E-state index contributed by atoms with van der Waals surface area (Å²) in [5.74, 6) is 0. The third-order valence-corrected chi connectivity index (χ3v) is 10.4. The molecule has 260 valence electrons. The van der Waals surface area contributed by atoms with Crippen molar-refractivity contribution in [3.8, 4) is 0 Å². The van der Waals surface area contributed by atoms with Crippen LogP contribution in [0.25, 0.3) is 0 Å². The molecule has 0 heterocycles. The SMILES string of the molecule is CCCCCCCCCC(CCCC)N(C(CCCCC)CCCCCCCC)C(CCCCCC)CCCCCCC. The zero-order valence-corrected chi connectivity index (χ0v) is 31.5. The summed E-state index contributed by atoms with van der Waals surface area (Å²) in [6, 6.07) is 2.49. The highest BCUT2D eigenvalue weighted by Crippen LogP contribution is 2.32. The third kappa shape index (κ3) is 25.8. The molecule has 0 amide bonds. The highest BCUT2D eigenvalue weighted by Gasteiger charge is 2.31. The maximum atomic E-state index is 3.29. The summed E-state index contributed by atoms with van der Waals surface area (Å²) in [5, 5.41) is 0.